The molecule has 0 amide bonds. The van der Waals surface area contributed by atoms with Crippen LogP contribution in [0.25, 0.3) is 0 Å². The van der Waals surface area contributed by atoms with Gasteiger partial charge < -0.3 is 24.6 Å². The third-order valence-corrected chi connectivity index (χ3v) is 6.66. The van der Waals surface area contributed by atoms with Crippen molar-refractivity contribution in [2.24, 2.45) is 4.99 Å². The molecule has 7 nitrogen and oxygen atoms in total. The summed E-state index contributed by atoms with van der Waals surface area (Å²) in [5.74, 6) is 0.995. The zero-order valence-corrected chi connectivity index (χ0v) is 20.4. The molecule has 2 aliphatic rings. The number of ether oxygens (including phenoxy) is 2. The number of rotatable bonds is 10. The minimum absolute atomic E-state index is 0.357. The molecule has 7 heteroatoms. The Morgan fingerprint density at radius 1 is 1.00 bits per heavy atom. The van der Waals surface area contributed by atoms with Crippen molar-refractivity contribution < 1.29 is 9.47 Å². The third-order valence-electron chi connectivity index (χ3n) is 6.66. The van der Waals surface area contributed by atoms with Gasteiger partial charge in [0.05, 0.1) is 6.10 Å². The van der Waals surface area contributed by atoms with E-state index in [1.165, 1.54) is 24.2 Å². The third kappa shape index (κ3) is 7.73. The molecule has 32 heavy (non-hydrogen) atoms. The second-order valence-corrected chi connectivity index (χ2v) is 8.78. The first kappa shape index (κ1) is 25.0. The largest absolute Gasteiger partial charge is 0.385 e. The second-order valence-electron chi connectivity index (χ2n) is 8.78. The van der Waals surface area contributed by atoms with Gasteiger partial charge in [-0.1, -0.05) is 31.2 Å². The number of aliphatic imine (C=N–C) groups is 1. The Labute approximate surface area is 194 Å². The van der Waals surface area contributed by atoms with Crippen molar-refractivity contribution in [2.45, 2.75) is 45.4 Å². The number of likely N-dealkylation sites (N-methyl/N-ethyl adjacent to an activating group) is 1. The maximum atomic E-state index is 6.00. The first-order chi connectivity index (χ1) is 15.7. The Hall–Kier alpha value is -1.67. The second kappa shape index (κ2) is 13.8. The van der Waals surface area contributed by atoms with Gasteiger partial charge in [-0.2, -0.15) is 0 Å². The van der Waals surface area contributed by atoms with Gasteiger partial charge in [0.25, 0.3) is 0 Å². The summed E-state index contributed by atoms with van der Waals surface area (Å²) in [6, 6.07) is 8.83. The van der Waals surface area contributed by atoms with E-state index in [0.29, 0.717) is 6.10 Å². The van der Waals surface area contributed by atoms with Gasteiger partial charge >= 0.3 is 0 Å². The van der Waals surface area contributed by atoms with Gasteiger partial charge in [-0.25, -0.2) is 0 Å². The van der Waals surface area contributed by atoms with E-state index in [1.807, 2.05) is 7.05 Å². The number of piperazine rings is 1. The SMILES string of the molecule is CCN1CCN(Cc2ccccc2CNC(=NC)N2CCC(OCCCOC)CC2)CC1. The zero-order valence-electron chi connectivity index (χ0n) is 20.4. The molecule has 1 aromatic carbocycles. The predicted molar refractivity (Wildman–Crippen MR) is 131 cm³/mol. The molecule has 0 radical (unpaired) electrons. The number of hydrogen-bond donors (Lipinski definition) is 1. The molecular weight excluding hydrogens is 402 g/mol. The summed E-state index contributed by atoms with van der Waals surface area (Å²) >= 11 is 0. The molecule has 0 unspecified atom stereocenters. The number of hydrogen-bond acceptors (Lipinski definition) is 5. The van der Waals surface area contributed by atoms with Crippen molar-refractivity contribution in [3.63, 3.8) is 0 Å². The van der Waals surface area contributed by atoms with Crippen molar-refractivity contribution in [1.29, 1.82) is 0 Å². The molecule has 3 rings (SSSR count). The summed E-state index contributed by atoms with van der Waals surface area (Å²) in [4.78, 5) is 12.0. The molecule has 1 aromatic rings. The molecule has 2 heterocycles. The molecule has 2 saturated heterocycles. The van der Waals surface area contributed by atoms with Crippen molar-refractivity contribution in [2.75, 3.05) is 73.2 Å². The van der Waals surface area contributed by atoms with Crippen molar-refractivity contribution in [3.8, 4) is 0 Å². The summed E-state index contributed by atoms with van der Waals surface area (Å²) in [5, 5.41) is 3.62. The fourth-order valence-corrected chi connectivity index (χ4v) is 4.58. The predicted octanol–water partition coefficient (Wildman–Crippen LogP) is 2.42. The number of piperidine rings is 1. The van der Waals surface area contributed by atoms with E-state index in [0.717, 1.165) is 84.2 Å². The minimum atomic E-state index is 0.357. The molecule has 2 fully saturated rings. The number of benzene rings is 1. The number of likely N-dealkylation sites (tertiary alicyclic amines) is 1. The summed E-state index contributed by atoms with van der Waals surface area (Å²) < 4.78 is 11.1. The average Bonchev–Trinajstić information content (AvgIpc) is 2.84. The van der Waals surface area contributed by atoms with Gasteiger partial charge in [-0.05, 0) is 36.9 Å². The van der Waals surface area contributed by atoms with Gasteiger partial charge in [-0.15, -0.1) is 0 Å². The number of methoxy groups -OCH3 is 1. The van der Waals surface area contributed by atoms with Crippen LogP contribution in [0.5, 0.6) is 0 Å². The lowest BCUT2D eigenvalue weighted by molar-refractivity contribution is 0.00989. The number of guanidine groups is 1. The van der Waals surface area contributed by atoms with Gasteiger partial charge in [0.2, 0.25) is 0 Å². The number of nitrogens with one attached hydrogen (secondary N) is 1. The molecule has 0 saturated carbocycles. The lowest BCUT2D eigenvalue weighted by Crippen LogP contribution is -2.47. The van der Waals surface area contributed by atoms with Crippen LogP contribution in [-0.4, -0.2) is 99.9 Å². The molecule has 0 aliphatic carbocycles. The highest BCUT2D eigenvalue weighted by Crippen LogP contribution is 2.16. The van der Waals surface area contributed by atoms with E-state index in [4.69, 9.17) is 9.47 Å². The van der Waals surface area contributed by atoms with Crippen molar-refractivity contribution >= 4 is 5.96 Å². The lowest BCUT2D eigenvalue weighted by Gasteiger charge is -2.35. The number of nitrogens with zero attached hydrogens (tertiary/aromatic N) is 4. The first-order valence-electron chi connectivity index (χ1n) is 12.3. The Morgan fingerprint density at radius 2 is 1.69 bits per heavy atom. The maximum Gasteiger partial charge on any atom is 0.193 e. The molecule has 0 spiro atoms. The Morgan fingerprint density at radius 3 is 2.34 bits per heavy atom. The van der Waals surface area contributed by atoms with E-state index >= 15 is 0 Å². The highest BCUT2D eigenvalue weighted by atomic mass is 16.5. The van der Waals surface area contributed by atoms with Crippen LogP contribution >= 0.6 is 0 Å². The highest BCUT2D eigenvalue weighted by Gasteiger charge is 2.22. The normalized spacial score (nSPS) is 19.5. The topological polar surface area (TPSA) is 52.6 Å². The molecule has 0 atom stereocenters. The smallest absolute Gasteiger partial charge is 0.193 e. The van der Waals surface area contributed by atoms with Crippen LogP contribution in [-0.2, 0) is 22.6 Å². The zero-order chi connectivity index (χ0) is 22.6. The fraction of sp³-hybridized carbons (Fsp3) is 0.720. The monoisotopic (exact) mass is 445 g/mol. The molecule has 1 N–H and O–H groups in total. The Bertz CT molecular complexity index is 683. The van der Waals surface area contributed by atoms with Crippen LogP contribution in [0.3, 0.4) is 0 Å². The standard InChI is InChI=1S/C25H43N5O2/c1-4-28-14-16-29(17-15-28)21-23-9-6-5-8-22(23)20-27-25(26-2)30-12-10-24(11-13-30)32-19-7-18-31-3/h5-6,8-9,24H,4,7,10-21H2,1-3H3,(H,26,27). The van der Waals surface area contributed by atoms with Crippen molar-refractivity contribution in [3.05, 3.63) is 35.4 Å². The van der Waals surface area contributed by atoms with Crippen LogP contribution < -0.4 is 5.32 Å². The van der Waals surface area contributed by atoms with E-state index in [9.17, 15) is 0 Å². The van der Waals surface area contributed by atoms with Gasteiger partial charge in [0, 0.05) is 79.7 Å². The Kier molecular flexibility index (Phi) is 10.8. The lowest BCUT2D eigenvalue weighted by atomic mass is 10.1. The molecule has 0 aromatic heterocycles. The summed E-state index contributed by atoms with van der Waals surface area (Å²) in [6.45, 7) is 13.4. The van der Waals surface area contributed by atoms with E-state index < -0.39 is 0 Å². The minimum Gasteiger partial charge on any atom is -0.385 e. The summed E-state index contributed by atoms with van der Waals surface area (Å²) in [7, 11) is 3.62. The van der Waals surface area contributed by atoms with E-state index in [1.54, 1.807) is 7.11 Å². The van der Waals surface area contributed by atoms with Crippen LogP contribution in [0.15, 0.2) is 29.3 Å². The molecular formula is C25H43N5O2. The molecule has 180 valence electrons. The van der Waals surface area contributed by atoms with Crippen molar-refractivity contribution in [1.82, 2.24) is 20.0 Å². The van der Waals surface area contributed by atoms with Crippen LogP contribution in [0, 0.1) is 0 Å². The fourth-order valence-electron chi connectivity index (χ4n) is 4.58. The molecule has 0 bridgehead atoms. The van der Waals surface area contributed by atoms with Gasteiger partial charge in [-0.3, -0.25) is 9.89 Å². The van der Waals surface area contributed by atoms with E-state index in [-0.39, 0.29) is 0 Å². The van der Waals surface area contributed by atoms with Gasteiger partial charge in [0.15, 0.2) is 5.96 Å². The van der Waals surface area contributed by atoms with Crippen LogP contribution in [0.4, 0.5) is 0 Å². The summed E-state index contributed by atoms with van der Waals surface area (Å²) in [6.07, 6.45) is 3.42. The van der Waals surface area contributed by atoms with Gasteiger partial charge in [0.1, 0.15) is 0 Å². The van der Waals surface area contributed by atoms with Crippen LogP contribution in [0.1, 0.15) is 37.3 Å². The average molecular weight is 446 g/mol. The van der Waals surface area contributed by atoms with E-state index in [2.05, 4.69) is 56.2 Å². The first-order valence-corrected chi connectivity index (χ1v) is 12.3. The quantitative estimate of drug-likeness (QED) is 0.339. The Balaban J connectivity index is 1.45. The summed E-state index contributed by atoms with van der Waals surface area (Å²) in [5.41, 5.74) is 2.78. The molecule has 2 aliphatic heterocycles. The van der Waals surface area contributed by atoms with Crippen LogP contribution in [0.2, 0.25) is 0 Å². The maximum absolute atomic E-state index is 6.00. The highest BCUT2D eigenvalue weighted by molar-refractivity contribution is 5.80.